The third kappa shape index (κ3) is 6.10. The maximum atomic E-state index is 14.7. The van der Waals surface area contributed by atoms with Gasteiger partial charge in [-0.05, 0) is 49.7 Å². The van der Waals surface area contributed by atoms with E-state index < -0.39 is 11.6 Å². The Labute approximate surface area is 223 Å². The van der Waals surface area contributed by atoms with E-state index >= 15 is 0 Å². The summed E-state index contributed by atoms with van der Waals surface area (Å²) >= 11 is 6.37. The van der Waals surface area contributed by atoms with Crippen LogP contribution in [-0.2, 0) is 0 Å². The van der Waals surface area contributed by atoms with Crippen molar-refractivity contribution < 1.29 is 18.3 Å². The van der Waals surface area contributed by atoms with Gasteiger partial charge in [-0.15, -0.1) is 12.4 Å². The molecule has 2 aromatic carbocycles. The molecule has 0 aliphatic carbocycles. The highest BCUT2D eigenvalue weighted by Crippen LogP contribution is 2.32. The van der Waals surface area contributed by atoms with E-state index in [9.17, 15) is 13.6 Å². The maximum Gasteiger partial charge on any atom is 0.252 e. The van der Waals surface area contributed by atoms with Crippen molar-refractivity contribution in [1.82, 2.24) is 19.7 Å². The van der Waals surface area contributed by atoms with E-state index in [0.29, 0.717) is 41.5 Å². The van der Waals surface area contributed by atoms with Crippen molar-refractivity contribution in [1.29, 1.82) is 0 Å². The summed E-state index contributed by atoms with van der Waals surface area (Å²) in [6.45, 7) is 1.18. The van der Waals surface area contributed by atoms with Crippen molar-refractivity contribution in [3.63, 3.8) is 0 Å². The lowest BCUT2D eigenvalue weighted by molar-refractivity contribution is 0.0953. The predicted octanol–water partition coefficient (Wildman–Crippen LogP) is 5.36. The van der Waals surface area contributed by atoms with E-state index in [1.165, 1.54) is 31.6 Å². The molecule has 1 amide bonds. The fourth-order valence-electron chi connectivity index (χ4n) is 3.75. The molecule has 4 aromatic rings. The third-order valence-electron chi connectivity index (χ3n) is 5.61. The first-order valence-corrected chi connectivity index (χ1v) is 11.7. The van der Waals surface area contributed by atoms with Gasteiger partial charge in [-0.3, -0.25) is 9.20 Å². The highest BCUT2D eigenvalue weighted by atomic mass is 35.5. The summed E-state index contributed by atoms with van der Waals surface area (Å²) in [4.78, 5) is 21.1. The lowest BCUT2D eigenvalue weighted by Gasteiger charge is -2.11. The van der Waals surface area contributed by atoms with Crippen LogP contribution in [0, 0.1) is 11.6 Å². The molecule has 0 spiro atoms. The molecule has 0 unspecified atom stereocenters. The monoisotopic (exact) mass is 550 g/mol. The van der Waals surface area contributed by atoms with Crippen LogP contribution in [0.2, 0.25) is 5.02 Å². The molecule has 37 heavy (non-hydrogen) atoms. The summed E-state index contributed by atoms with van der Waals surface area (Å²) in [6.07, 6.45) is 7.24. The Balaban J connectivity index is 0.00000380. The number of carbonyl (C=O) groups is 1. The van der Waals surface area contributed by atoms with E-state index in [4.69, 9.17) is 22.1 Å². The SMILES string of the molecule is COc1ccc(-c2cnc3c(Nc4ccc(C(=O)NCCCCCN)c(Cl)c4)nccn23)c(F)c1F.Cl. The van der Waals surface area contributed by atoms with E-state index in [-0.39, 0.29) is 34.6 Å². The van der Waals surface area contributed by atoms with Crippen LogP contribution in [-0.4, -0.2) is 40.5 Å². The van der Waals surface area contributed by atoms with Crippen LogP contribution < -0.4 is 21.1 Å². The van der Waals surface area contributed by atoms with Crippen LogP contribution in [0.5, 0.6) is 5.75 Å². The molecule has 0 aliphatic heterocycles. The highest BCUT2D eigenvalue weighted by molar-refractivity contribution is 6.34. The first-order chi connectivity index (χ1) is 17.4. The number of nitrogens with two attached hydrogens (primary N) is 1. The van der Waals surface area contributed by atoms with Crippen LogP contribution in [0.15, 0.2) is 48.9 Å². The quantitative estimate of drug-likeness (QED) is 0.229. The van der Waals surface area contributed by atoms with Gasteiger partial charge in [0, 0.05) is 30.2 Å². The molecule has 2 heterocycles. The van der Waals surface area contributed by atoms with Gasteiger partial charge in [-0.2, -0.15) is 4.39 Å². The lowest BCUT2D eigenvalue weighted by atomic mass is 10.1. The molecule has 0 bridgehead atoms. The van der Waals surface area contributed by atoms with E-state index in [1.807, 2.05) is 0 Å². The van der Waals surface area contributed by atoms with Crippen molar-refractivity contribution in [2.45, 2.75) is 19.3 Å². The molecule has 4 rings (SSSR count). The minimum Gasteiger partial charge on any atom is -0.494 e. The van der Waals surface area contributed by atoms with Crippen molar-refractivity contribution in [2.24, 2.45) is 5.73 Å². The number of halogens is 4. The molecule has 12 heteroatoms. The molecule has 0 saturated heterocycles. The van der Waals surface area contributed by atoms with Gasteiger partial charge in [0.05, 0.1) is 29.6 Å². The second-order valence-corrected chi connectivity index (χ2v) is 8.39. The standard InChI is InChI=1S/C25H25ClF2N6O2.ClH/c1-36-20-8-7-17(21(27)22(20)28)19-14-32-24-23(30-11-12-34(19)24)33-15-5-6-16(18(26)13-15)25(35)31-10-4-2-3-9-29;/h5-8,11-14H,2-4,9-10,29H2,1H3,(H,30,33)(H,31,35);1H. The van der Waals surface area contributed by atoms with Crippen molar-refractivity contribution in [3.05, 3.63) is 71.1 Å². The summed E-state index contributed by atoms with van der Waals surface area (Å²) in [7, 11) is 1.27. The highest BCUT2D eigenvalue weighted by Gasteiger charge is 2.19. The Morgan fingerprint density at radius 2 is 1.95 bits per heavy atom. The van der Waals surface area contributed by atoms with Crippen molar-refractivity contribution in [2.75, 3.05) is 25.5 Å². The smallest absolute Gasteiger partial charge is 0.252 e. The fourth-order valence-corrected chi connectivity index (χ4v) is 4.02. The number of hydrogen-bond donors (Lipinski definition) is 3. The number of rotatable bonds is 10. The molecule has 0 fully saturated rings. The van der Waals surface area contributed by atoms with Gasteiger partial charge in [-0.25, -0.2) is 14.4 Å². The Kier molecular flexibility index (Phi) is 9.62. The number of carbonyl (C=O) groups excluding carboxylic acids is 1. The number of nitrogens with zero attached hydrogens (tertiary/aromatic N) is 3. The Hall–Kier alpha value is -3.47. The number of methoxy groups -OCH3 is 1. The molecule has 0 aliphatic rings. The van der Waals surface area contributed by atoms with Gasteiger partial charge in [-0.1, -0.05) is 18.0 Å². The summed E-state index contributed by atoms with van der Waals surface area (Å²) in [6, 6.07) is 7.71. The average molecular weight is 551 g/mol. The van der Waals surface area contributed by atoms with Crippen LogP contribution in [0.25, 0.3) is 16.9 Å². The zero-order chi connectivity index (χ0) is 25.7. The Morgan fingerprint density at radius 1 is 1.14 bits per heavy atom. The molecular weight excluding hydrogens is 525 g/mol. The molecule has 0 saturated carbocycles. The van der Waals surface area contributed by atoms with Crippen molar-refractivity contribution in [3.8, 4) is 17.0 Å². The first-order valence-electron chi connectivity index (χ1n) is 11.3. The summed E-state index contributed by atoms with van der Waals surface area (Å²) < 4.78 is 35.4. The Bertz CT molecular complexity index is 1400. The van der Waals surface area contributed by atoms with Gasteiger partial charge in [0.2, 0.25) is 5.82 Å². The number of amides is 1. The predicted molar refractivity (Wildman–Crippen MR) is 142 cm³/mol. The number of anilines is 2. The zero-order valence-electron chi connectivity index (χ0n) is 19.9. The molecule has 2 aromatic heterocycles. The second-order valence-electron chi connectivity index (χ2n) is 7.98. The molecule has 196 valence electrons. The van der Waals surface area contributed by atoms with Gasteiger partial charge in [0.15, 0.2) is 23.0 Å². The van der Waals surface area contributed by atoms with Crippen LogP contribution >= 0.6 is 24.0 Å². The fraction of sp³-hybridized carbons (Fsp3) is 0.240. The lowest BCUT2D eigenvalue weighted by Crippen LogP contribution is -2.24. The number of aromatic nitrogens is 3. The molecule has 4 N–H and O–H groups in total. The largest absolute Gasteiger partial charge is 0.494 e. The van der Waals surface area contributed by atoms with E-state index in [1.54, 1.807) is 28.8 Å². The number of unbranched alkanes of at least 4 members (excludes halogenated alkanes) is 2. The summed E-state index contributed by atoms with van der Waals surface area (Å²) in [5, 5.41) is 6.24. The first kappa shape index (κ1) is 28.1. The van der Waals surface area contributed by atoms with E-state index in [2.05, 4.69) is 20.6 Å². The van der Waals surface area contributed by atoms with Crippen LogP contribution in [0.3, 0.4) is 0 Å². The second kappa shape index (κ2) is 12.7. The number of benzene rings is 2. The van der Waals surface area contributed by atoms with E-state index in [0.717, 1.165) is 19.3 Å². The maximum absolute atomic E-state index is 14.7. The minimum atomic E-state index is -1.08. The van der Waals surface area contributed by atoms with Gasteiger partial charge < -0.3 is 21.1 Å². The summed E-state index contributed by atoms with van der Waals surface area (Å²) in [5.41, 5.74) is 7.16. The average Bonchev–Trinajstić information content (AvgIpc) is 3.30. The number of hydrogen-bond acceptors (Lipinski definition) is 6. The number of fused-ring (bicyclic) bond motifs is 1. The number of imidazole rings is 1. The zero-order valence-corrected chi connectivity index (χ0v) is 21.5. The van der Waals surface area contributed by atoms with Gasteiger partial charge in [0.25, 0.3) is 5.91 Å². The minimum absolute atomic E-state index is 0. The van der Waals surface area contributed by atoms with Crippen molar-refractivity contribution >= 4 is 47.1 Å². The van der Waals surface area contributed by atoms with Crippen LogP contribution in [0.1, 0.15) is 29.6 Å². The number of nitrogens with one attached hydrogen (secondary N) is 2. The topological polar surface area (TPSA) is 107 Å². The van der Waals surface area contributed by atoms with Crippen LogP contribution in [0.4, 0.5) is 20.3 Å². The normalized spacial score (nSPS) is 10.7. The molecule has 0 radical (unpaired) electrons. The summed E-state index contributed by atoms with van der Waals surface area (Å²) in [5.74, 6) is -2.19. The molecule has 0 atom stereocenters. The third-order valence-corrected chi connectivity index (χ3v) is 5.93. The Morgan fingerprint density at radius 3 is 2.68 bits per heavy atom. The molecular formula is C25H26Cl2F2N6O2. The van der Waals surface area contributed by atoms with Gasteiger partial charge in [0.1, 0.15) is 0 Å². The molecule has 8 nitrogen and oxygen atoms in total. The number of ether oxygens (including phenoxy) is 1. The van der Waals surface area contributed by atoms with Gasteiger partial charge >= 0.3 is 0 Å².